The molecule has 4 rings (SSSR count). The summed E-state index contributed by atoms with van der Waals surface area (Å²) in [6.07, 6.45) is 5.75. The fraction of sp³-hybridized carbons (Fsp3) is 0.455. The van der Waals surface area contributed by atoms with E-state index in [4.69, 9.17) is 10.1 Å². The number of fused-ring (bicyclic) bond motifs is 1. The minimum Gasteiger partial charge on any atom is -0.345 e. The average Bonchev–Trinajstić information content (AvgIpc) is 3.44. The van der Waals surface area contributed by atoms with E-state index in [1.807, 2.05) is 36.7 Å². The Balaban J connectivity index is 1.79. The monoisotopic (exact) mass is 377 g/mol. The maximum atomic E-state index is 13.3. The molecule has 28 heavy (non-hydrogen) atoms. The van der Waals surface area contributed by atoms with Crippen LogP contribution in [0.1, 0.15) is 79.8 Å². The number of aromatic nitrogens is 4. The number of hydrogen-bond acceptors (Lipinski definition) is 4. The quantitative estimate of drug-likeness (QED) is 0.737. The van der Waals surface area contributed by atoms with Crippen molar-refractivity contribution in [3.8, 4) is 0 Å². The van der Waals surface area contributed by atoms with Gasteiger partial charge in [-0.1, -0.05) is 0 Å². The summed E-state index contributed by atoms with van der Waals surface area (Å²) in [6, 6.07) is 5.70. The zero-order valence-corrected chi connectivity index (χ0v) is 17.2. The van der Waals surface area contributed by atoms with E-state index in [1.165, 1.54) is 0 Å². The molecule has 1 atom stereocenters. The van der Waals surface area contributed by atoms with Crippen LogP contribution in [0.3, 0.4) is 0 Å². The molecule has 3 heterocycles. The molecule has 1 fully saturated rings. The van der Waals surface area contributed by atoms with Crippen molar-refractivity contribution in [2.75, 3.05) is 0 Å². The van der Waals surface area contributed by atoms with Gasteiger partial charge in [0.15, 0.2) is 5.65 Å². The molecule has 6 nitrogen and oxygen atoms in total. The third-order valence-corrected chi connectivity index (χ3v) is 5.26. The smallest absolute Gasteiger partial charge is 0.252 e. The topological polar surface area (TPSA) is 72.7 Å². The first kappa shape index (κ1) is 18.6. The highest BCUT2D eigenvalue weighted by Gasteiger charge is 2.30. The van der Waals surface area contributed by atoms with Crippen LogP contribution in [0.2, 0.25) is 0 Å². The van der Waals surface area contributed by atoms with Gasteiger partial charge >= 0.3 is 0 Å². The molecule has 1 aliphatic carbocycles. The molecule has 0 saturated heterocycles. The molecule has 1 N–H and O–H groups in total. The largest absolute Gasteiger partial charge is 0.345 e. The molecule has 0 bridgehead atoms. The molecule has 146 valence electrons. The van der Waals surface area contributed by atoms with Crippen molar-refractivity contribution in [1.29, 1.82) is 0 Å². The fourth-order valence-electron chi connectivity index (χ4n) is 3.55. The van der Waals surface area contributed by atoms with Crippen LogP contribution < -0.4 is 5.32 Å². The zero-order valence-electron chi connectivity index (χ0n) is 17.2. The van der Waals surface area contributed by atoms with Crippen molar-refractivity contribution in [3.05, 3.63) is 53.1 Å². The molecule has 0 spiro atoms. The summed E-state index contributed by atoms with van der Waals surface area (Å²) in [5.41, 5.74) is 4.12. The second kappa shape index (κ2) is 6.69. The van der Waals surface area contributed by atoms with Gasteiger partial charge in [-0.25, -0.2) is 9.67 Å². The number of rotatable bonds is 4. The summed E-state index contributed by atoms with van der Waals surface area (Å²) in [4.78, 5) is 22.2. The fourth-order valence-corrected chi connectivity index (χ4v) is 3.55. The van der Waals surface area contributed by atoms with E-state index < -0.39 is 0 Å². The number of pyridine rings is 2. The van der Waals surface area contributed by atoms with Crippen LogP contribution in [-0.4, -0.2) is 25.7 Å². The summed E-state index contributed by atoms with van der Waals surface area (Å²) in [5.74, 6) is 0.368. The Kier molecular flexibility index (Phi) is 4.44. The van der Waals surface area contributed by atoms with Crippen molar-refractivity contribution >= 4 is 16.9 Å². The number of carbonyl (C=O) groups excluding carboxylic acids is 1. The minimum atomic E-state index is -0.209. The van der Waals surface area contributed by atoms with E-state index in [2.05, 4.69) is 31.1 Å². The van der Waals surface area contributed by atoms with Gasteiger partial charge in [-0.05, 0) is 71.2 Å². The summed E-state index contributed by atoms with van der Waals surface area (Å²) in [5, 5.41) is 8.71. The number of carbonyl (C=O) groups is 1. The van der Waals surface area contributed by atoms with E-state index in [9.17, 15) is 4.79 Å². The lowest BCUT2D eigenvalue weighted by Gasteiger charge is -2.20. The molecule has 0 radical (unpaired) electrons. The Morgan fingerprint density at radius 3 is 2.54 bits per heavy atom. The zero-order chi connectivity index (χ0) is 20.1. The molecular weight excluding hydrogens is 350 g/mol. The van der Waals surface area contributed by atoms with Gasteiger partial charge in [-0.15, -0.1) is 0 Å². The third-order valence-electron chi connectivity index (χ3n) is 5.26. The minimum absolute atomic E-state index is 0.0878. The molecule has 3 aromatic rings. The highest BCUT2D eigenvalue weighted by atomic mass is 16.1. The van der Waals surface area contributed by atoms with E-state index >= 15 is 0 Å². The second-order valence-corrected chi connectivity index (χ2v) is 8.71. The van der Waals surface area contributed by atoms with Gasteiger partial charge in [0.05, 0.1) is 28.2 Å². The van der Waals surface area contributed by atoms with Crippen molar-refractivity contribution in [3.63, 3.8) is 0 Å². The molecule has 0 unspecified atom stereocenters. The SMILES string of the molecule is Cc1nn(C(C)(C)C)c2nc(C3CC3)cc(C(=O)N[C@@H](C)c3ccncc3)c12. The number of aryl methyl sites for hydroxylation is 1. The Morgan fingerprint density at radius 2 is 1.93 bits per heavy atom. The van der Waals surface area contributed by atoms with E-state index in [0.29, 0.717) is 11.5 Å². The summed E-state index contributed by atoms with van der Waals surface area (Å²) < 4.78 is 1.95. The maximum Gasteiger partial charge on any atom is 0.252 e. The third kappa shape index (κ3) is 3.39. The van der Waals surface area contributed by atoms with Crippen LogP contribution in [0.25, 0.3) is 11.0 Å². The predicted octanol–water partition coefficient (Wildman–Crippen LogP) is 4.26. The molecule has 0 aliphatic heterocycles. The number of nitrogens with zero attached hydrogens (tertiary/aromatic N) is 4. The number of hydrogen-bond donors (Lipinski definition) is 1. The van der Waals surface area contributed by atoms with E-state index in [1.54, 1.807) is 12.4 Å². The number of amides is 1. The standard InChI is InChI=1S/C22H27N5O/c1-13(15-8-10-23-11-9-15)24-21(28)17-12-18(16-6-7-16)25-20-19(17)14(2)26-27(20)22(3,4)5/h8-13,16H,6-7H2,1-5H3,(H,24,28)/t13-/m0/s1. The first-order valence-corrected chi connectivity index (χ1v) is 9.87. The maximum absolute atomic E-state index is 13.3. The van der Waals surface area contributed by atoms with Crippen LogP contribution in [0, 0.1) is 6.92 Å². The average molecular weight is 377 g/mol. The van der Waals surface area contributed by atoms with Crippen LogP contribution in [-0.2, 0) is 5.54 Å². The highest BCUT2D eigenvalue weighted by Crippen LogP contribution is 2.41. The number of nitrogens with one attached hydrogen (secondary N) is 1. The lowest BCUT2D eigenvalue weighted by atomic mass is 10.0. The van der Waals surface area contributed by atoms with Gasteiger partial charge in [0.2, 0.25) is 0 Å². The van der Waals surface area contributed by atoms with Gasteiger partial charge in [0, 0.05) is 24.0 Å². The Hall–Kier alpha value is -2.76. The van der Waals surface area contributed by atoms with Crippen LogP contribution >= 0.6 is 0 Å². The second-order valence-electron chi connectivity index (χ2n) is 8.71. The molecular formula is C22H27N5O. The van der Waals surface area contributed by atoms with Crippen LogP contribution in [0.15, 0.2) is 30.6 Å². The van der Waals surface area contributed by atoms with Gasteiger partial charge in [-0.2, -0.15) is 5.10 Å². The lowest BCUT2D eigenvalue weighted by Crippen LogP contribution is -2.27. The molecule has 1 saturated carbocycles. The van der Waals surface area contributed by atoms with Crippen molar-refractivity contribution < 1.29 is 4.79 Å². The van der Waals surface area contributed by atoms with Crippen molar-refractivity contribution in [2.45, 2.75) is 65.0 Å². The molecule has 0 aromatic carbocycles. The first-order chi connectivity index (χ1) is 13.3. The van der Waals surface area contributed by atoms with E-state index in [-0.39, 0.29) is 17.5 Å². The normalized spacial score (nSPS) is 15.6. The lowest BCUT2D eigenvalue weighted by molar-refractivity contribution is 0.0941. The highest BCUT2D eigenvalue weighted by molar-refractivity contribution is 6.06. The summed E-state index contributed by atoms with van der Waals surface area (Å²) in [7, 11) is 0. The van der Waals surface area contributed by atoms with Gasteiger partial charge < -0.3 is 5.32 Å². The van der Waals surface area contributed by atoms with E-state index in [0.717, 1.165) is 40.8 Å². The van der Waals surface area contributed by atoms with Gasteiger partial charge in [-0.3, -0.25) is 9.78 Å². The van der Waals surface area contributed by atoms with Crippen LogP contribution in [0.4, 0.5) is 0 Å². The van der Waals surface area contributed by atoms with Gasteiger partial charge in [0.25, 0.3) is 5.91 Å². The summed E-state index contributed by atoms with van der Waals surface area (Å²) >= 11 is 0. The molecule has 1 amide bonds. The Morgan fingerprint density at radius 1 is 1.25 bits per heavy atom. The Bertz CT molecular complexity index is 1030. The summed E-state index contributed by atoms with van der Waals surface area (Å²) in [6.45, 7) is 10.3. The molecule has 6 heteroatoms. The van der Waals surface area contributed by atoms with Gasteiger partial charge in [0.1, 0.15) is 0 Å². The molecule has 3 aromatic heterocycles. The van der Waals surface area contributed by atoms with Crippen LogP contribution in [0.5, 0.6) is 0 Å². The predicted molar refractivity (Wildman–Crippen MR) is 109 cm³/mol. The Labute approximate surface area is 165 Å². The first-order valence-electron chi connectivity index (χ1n) is 9.87. The molecule has 1 aliphatic rings. The van der Waals surface area contributed by atoms with Crippen molar-refractivity contribution in [1.82, 2.24) is 25.1 Å². The van der Waals surface area contributed by atoms with Crippen molar-refractivity contribution in [2.24, 2.45) is 0 Å².